The molecule has 0 spiro atoms. The zero-order chi connectivity index (χ0) is 14.2. The van der Waals surface area contributed by atoms with Gasteiger partial charge in [-0.25, -0.2) is 9.18 Å². The van der Waals surface area contributed by atoms with Gasteiger partial charge in [0.15, 0.2) is 5.78 Å². The number of carbonyl (C=O) groups is 2. The molecule has 1 aromatic rings. The van der Waals surface area contributed by atoms with Crippen molar-refractivity contribution in [3.05, 3.63) is 29.6 Å². The van der Waals surface area contributed by atoms with E-state index in [1.165, 1.54) is 23.1 Å². The van der Waals surface area contributed by atoms with Crippen LogP contribution in [0.3, 0.4) is 0 Å². The Bertz CT molecular complexity index is 534. The Balaban J connectivity index is 2.38. The molecule has 0 saturated heterocycles. The molecule has 0 unspecified atom stereocenters. The van der Waals surface area contributed by atoms with Crippen molar-refractivity contribution in [2.24, 2.45) is 0 Å². The Labute approximate surface area is 111 Å². The lowest BCUT2D eigenvalue weighted by Gasteiger charge is -2.31. The number of anilines is 1. The molecule has 1 aromatic carbocycles. The van der Waals surface area contributed by atoms with Crippen molar-refractivity contribution in [3.63, 3.8) is 0 Å². The third-order valence-corrected chi connectivity index (χ3v) is 2.73. The minimum Gasteiger partial charge on any atom is -0.443 e. The Morgan fingerprint density at radius 1 is 1.37 bits per heavy atom. The summed E-state index contributed by atoms with van der Waals surface area (Å²) in [5.41, 5.74) is -0.408. The first-order valence-electron chi connectivity index (χ1n) is 6.12. The van der Waals surface area contributed by atoms with Gasteiger partial charge in [-0.3, -0.25) is 9.69 Å². The number of halogens is 1. The van der Waals surface area contributed by atoms with Crippen LogP contribution in [0.25, 0.3) is 0 Å². The third-order valence-electron chi connectivity index (χ3n) is 2.73. The average molecular weight is 265 g/mol. The molecule has 1 heterocycles. The number of rotatable bonds is 0. The van der Waals surface area contributed by atoms with E-state index in [1.807, 2.05) is 0 Å². The van der Waals surface area contributed by atoms with Gasteiger partial charge in [0, 0.05) is 18.5 Å². The van der Waals surface area contributed by atoms with Crippen LogP contribution in [0, 0.1) is 5.82 Å². The predicted octanol–water partition coefficient (Wildman–Crippen LogP) is 3.15. The molecule has 5 heteroatoms. The van der Waals surface area contributed by atoms with Crippen molar-refractivity contribution >= 4 is 17.6 Å². The number of hydrogen-bond donors (Lipinski definition) is 0. The lowest BCUT2D eigenvalue weighted by Crippen LogP contribution is -2.41. The maximum Gasteiger partial charge on any atom is 0.414 e. The molecule has 0 bridgehead atoms. The topological polar surface area (TPSA) is 46.6 Å². The van der Waals surface area contributed by atoms with Gasteiger partial charge in [0.2, 0.25) is 0 Å². The van der Waals surface area contributed by atoms with Crippen LogP contribution in [0.5, 0.6) is 0 Å². The first kappa shape index (κ1) is 13.5. The van der Waals surface area contributed by atoms with E-state index in [2.05, 4.69) is 0 Å². The standard InChI is InChI=1S/C14H16FNO3/c1-14(2,3)19-13(18)16-8-7-11(17)9-5-4-6-10(15)12(9)16/h4-6H,7-8H2,1-3H3. The fraction of sp³-hybridized carbons (Fsp3) is 0.429. The Hall–Kier alpha value is -1.91. The van der Waals surface area contributed by atoms with Crippen molar-refractivity contribution in [2.45, 2.75) is 32.8 Å². The highest BCUT2D eigenvalue weighted by Crippen LogP contribution is 2.31. The highest BCUT2D eigenvalue weighted by atomic mass is 19.1. The molecule has 0 aromatic heterocycles. The smallest absolute Gasteiger partial charge is 0.414 e. The van der Waals surface area contributed by atoms with Gasteiger partial charge < -0.3 is 4.74 Å². The number of fused-ring (bicyclic) bond motifs is 1. The molecule has 0 fully saturated rings. The Kier molecular flexibility index (Phi) is 3.30. The molecule has 0 atom stereocenters. The summed E-state index contributed by atoms with van der Waals surface area (Å²) >= 11 is 0. The quantitative estimate of drug-likeness (QED) is 0.724. The third kappa shape index (κ3) is 2.75. The molecule has 1 aliphatic heterocycles. The fourth-order valence-corrected chi connectivity index (χ4v) is 1.97. The second-order valence-electron chi connectivity index (χ2n) is 5.44. The van der Waals surface area contributed by atoms with E-state index in [-0.39, 0.29) is 30.0 Å². The molecule has 2 rings (SSSR count). The van der Waals surface area contributed by atoms with Crippen molar-refractivity contribution in [2.75, 3.05) is 11.4 Å². The van der Waals surface area contributed by atoms with Gasteiger partial charge >= 0.3 is 6.09 Å². The van der Waals surface area contributed by atoms with Crippen molar-refractivity contribution < 1.29 is 18.7 Å². The molecule has 102 valence electrons. The summed E-state index contributed by atoms with van der Waals surface area (Å²) in [5, 5.41) is 0. The van der Waals surface area contributed by atoms with Crippen LogP contribution < -0.4 is 4.90 Å². The van der Waals surface area contributed by atoms with E-state index in [0.717, 1.165) is 0 Å². The minimum atomic E-state index is -0.663. The summed E-state index contributed by atoms with van der Waals surface area (Å²) in [6.07, 6.45) is -0.457. The van der Waals surface area contributed by atoms with E-state index in [1.54, 1.807) is 20.8 Å². The first-order valence-corrected chi connectivity index (χ1v) is 6.12. The summed E-state index contributed by atoms with van der Waals surface area (Å²) in [7, 11) is 0. The number of para-hydroxylation sites is 1. The number of ether oxygens (including phenoxy) is 1. The van der Waals surface area contributed by atoms with Gasteiger partial charge in [0.05, 0.1) is 5.69 Å². The number of benzene rings is 1. The predicted molar refractivity (Wildman–Crippen MR) is 68.9 cm³/mol. The highest BCUT2D eigenvalue weighted by molar-refractivity contribution is 6.07. The van der Waals surface area contributed by atoms with Crippen LogP contribution in [-0.4, -0.2) is 24.0 Å². The maximum absolute atomic E-state index is 13.9. The largest absolute Gasteiger partial charge is 0.443 e. The first-order chi connectivity index (χ1) is 8.79. The zero-order valence-corrected chi connectivity index (χ0v) is 11.2. The van der Waals surface area contributed by atoms with Gasteiger partial charge in [0.25, 0.3) is 0 Å². The Morgan fingerprint density at radius 2 is 2.05 bits per heavy atom. The van der Waals surface area contributed by atoms with E-state index >= 15 is 0 Å². The summed E-state index contributed by atoms with van der Waals surface area (Å²) in [6, 6.07) is 4.22. The molecular weight excluding hydrogens is 249 g/mol. The molecule has 19 heavy (non-hydrogen) atoms. The number of hydrogen-bond acceptors (Lipinski definition) is 3. The van der Waals surface area contributed by atoms with Crippen LogP contribution in [-0.2, 0) is 4.74 Å². The second-order valence-corrected chi connectivity index (χ2v) is 5.44. The van der Waals surface area contributed by atoms with Gasteiger partial charge in [-0.15, -0.1) is 0 Å². The van der Waals surface area contributed by atoms with Crippen molar-refractivity contribution in [1.29, 1.82) is 0 Å². The molecule has 0 N–H and O–H groups in total. The molecule has 0 aliphatic carbocycles. The number of Topliss-reactive ketones (excluding diaryl/α,β-unsaturated/α-hetero) is 1. The average Bonchev–Trinajstić information content (AvgIpc) is 2.28. The molecule has 0 radical (unpaired) electrons. The number of amides is 1. The van der Waals surface area contributed by atoms with E-state index in [4.69, 9.17) is 4.74 Å². The van der Waals surface area contributed by atoms with Crippen LogP contribution in [0.15, 0.2) is 18.2 Å². The summed E-state index contributed by atoms with van der Waals surface area (Å²) < 4.78 is 19.1. The van der Waals surface area contributed by atoms with Gasteiger partial charge in [-0.1, -0.05) is 6.07 Å². The number of nitrogens with zero attached hydrogens (tertiary/aromatic N) is 1. The van der Waals surface area contributed by atoms with Gasteiger partial charge in [0.1, 0.15) is 11.4 Å². The molecule has 4 nitrogen and oxygen atoms in total. The van der Waals surface area contributed by atoms with Gasteiger partial charge in [-0.05, 0) is 32.9 Å². The normalized spacial score (nSPS) is 15.2. The van der Waals surface area contributed by atoms with E-state index in [0.29, 0.717) is 0 Å². The zero-order valence-electron chi connectivity index (χ0n) is 11.2. The monoisotopic (exact) mass is 265 g/mol. The second kappa shape index (κ2) is 4.64. The summed E-state index contributed by atoms with van der Waals surface area (Å²) in [4.78, 5) is 25.0. The maximum atomic E-state index is 13.9. The molecule has 1 aliphatic rings. The minimum absolute atomic E-state index is 0.0213. The van der Waals surface area contributed by atoms with Crippen molar-refractivity contribution in [1.82, 2.24) is 0 Å². The van der Waals surface area contributed by atoms with E-state index < -0.39 is 17.5 Å². The molecule has 1 amide bonds. The Morgan fingerprint density at radius 3 is 2.68 bits per heavy atom. The van der Waals surface area contributed by atoms with E-state index in [9.17, 15) is 14.0 Å². The lowest BCUT2D eigenvalue weighted by atomic mass is 10.0. The van der Waals surface area contributed by atoms with Crippen LogP contribution >= 0.6 is 0 Å². The van der Waals surface area contributed by atoms with Crippen LogP contribution in [0.2, 0.25) is 0 Å². The lowest BCUT2D eigenvalue weighted by molar-refractivity contribution is 0.0576. The van der Waals surface area contributed by atoms with Crippen LogP contribution in [0.4, 0.5) is 14.9 Å². The number of carbonyl (C=O) groups excluding carboxylic acids is 2. The SMILES string of the molecule is CC(C)(C)OC(=O)N1CCC(=O)c2cccc(F)c21. The van der Waals surface area contributed by atoms with Crippen LogP contribution in [0.1, 0.15) is 37.6 Å². The summed E-state index contributed by atoms with van der Waals surface area (Å²) in [5.74, 6) is -0.745. The molecule has 0 saturated carbocycles. The van der Waals surface area contributed by atoms with Crippen molar-refractivity contribution in [3.8, 4) is 0 Å². The summed E-state index contributed by atoms with van der Waals surface area (Å²) in [6.45, 7) is 5.36. The number of ketones is 1. The van der Waals surface area contributed by atoms with Gasteiger partial charge in [-0.2, -0.15) is 0 Å². The molecular formula is C14H16FNO3. The highest BCUT2D eigenvalue weighted by Gasteiger charge is 2.32. The fourth-order valence-electron chi connectivity index (χ4n) is 1.97.